The van der Waals surface area contributed by atoms with Crippen LogP contribution in [-0.4, -0.2) is 47.1 Å². The fraction of sp³-hybridized carbons (Fsp3) is 0.292. The smallest absolute Gasteiger partial charge is 0.228 e. The third-order valence-electron chi connectivity index (χ3n) is 6.00. The van der Waals surface area contributed by atoms with Crippen molar-refractivity contribution < 1.29 is 9.47 Å². The molecular formula is C24H24Cl2N6O2. The third-order valence-corrected chi connectivity index (χ3v) is 6.74. The summed E-state index contributed by atoms with van der Waals surface area (Å²) in [5, 5.41) is 6.25. The lowest BCUT2D eigenvalue weighted by atomic mass is 10.1. The second-order valence-electron chi connectivity index (χ2n) is 8.08. The van der Waals surface area contributed by atoms with Crippen LogP contribution in [0.3, 0.4) is 0 Å². The molecule has 8 nitrogen and oxygen atoms in total. The van der Waals surface area contributed by atoms with Gasteiger partial charge in [-0.3, -0.25) is 0 Å². The quantitative estimate of drug-likeness (QED) is 0.394. The van der Waals surface area contributed by atoms with E-state index in [2.05, 4.69) is 4.90 Å². The van der Waals surface area contributed by atoms with Crippen molar-refractivity contribution in [2.24, 2.45) is 0 Å². The Balaban J connectivity index is 1.74. The van der Waals surface area contributed by atoms with Crippen LogP contribution in [0.1, 0.15) is 19.3 Å². The number of aromatic nitrogens is 4. The lowest BCUT2D eigenvalue weighted by Crippen LogP contribution is -2.31. The van der Waals surface area contributed by atoms with Gasteiger partial charge in [0, 0.05) is 18.7 Å². The molecule has 34 heavy (non-hydrogen) atoms. The minimum Gasteiger partial charge on any atom is -0.493 e. The maximum Gasteiger partial charge on any atom is 0.228 e. The van der Waals surface area contributed by atoms with Gasteiger partial charge in [-0.25, -0.2) is 9.67 Å². The molecule has 0 amide bonds. The highest BCUT2D eigenvalue weighted by Crippen LogP contribution is 2.38. The van der Waals surface area contributed by atoms with Gasteiger partial charge in [-0.05, 0) is 55.7 Å². The number of nitrogens with zero attached hydrogens (tertiary/aromatic N) is 5. The summed E-state index contributed by atoms with van der Waals surface area (Å²) in [7, 11) is 3.21. The Bertz CT molecular complexity index is 1370. The largest absolute Gasteiger partial charge is 0.493 e. The fourth-order valence-electron chi connectivity index (χ4n) is 4.24. The molecule has 0 bridgehead atoms. The van der Waals surface area contributed by atoms with E-state index in [1.54, 1.807) is 31.0 Å². The molecule has 4 aromatic rings. The highest BCUT2D eigenvalue weighted by molar-refractivity contribution is 6.42. The van der Waals surface area contributed by atoms with Crippen LogP contribution in [0.4, 0.5) is 11.8 Å². The Hall–Kier alpha value is -3.23. The summed E-state index contributed by atoms with van der Waals surface area (Å²) >= 11 is 12.4. The van der Waals surface area contributed by atoms with Gasteiger partial charge in [0.15, 0.2) is 17.1 Å². The second-order valence-corrected chi connectivity index (χ2v) is 8.90. The summed E-state index contributed by atoms with van der Waals surface area (Å²) < 4.78 is 12.6. The van der Waals surface area contributed by atoms with Gasteiger partial charge in [-0.15, -0.1) is 5.10 Å². The van der Waals surface area contributed by atoms with Gasteiger partial charge in [0.1, 0.15) is 5.82 Å². The molecule has 0 atom stereocenters. The first-order chi connectivity index (χ1) is 16.5. The van der Waals surface area contributed by atoms with Crippen molar-refractivity contribution in [2.75, 3.05) is 37.9 Å². The number of nitrogen functional groups attached to an aromatic ring is 1. The number of ether oxygens (including phenoxy) is 2. The molecule has 1 fully saturated rings. The Morgan fingerprint density at radius 3 is 2.35 bits per heavy atom. The minimum atomic E-state index is 0.406. The van der Waals surface area contributed by atoms with Crippen molar-refractivity contribution in [3.8, 4) is 28.4 Å². The van der Waals surface area contributed by atoms with Gasteiger partial charge < -0.3 is 20.1 Å². The number of halogens is 2. The van der Waals surface area contributed by atoms with Crippen LogP contribution >= 0.6 is 23.2 Å². The molecule has 0 unspecified atom stereocenters. The summed E-state index contributed by atoms with van der Waals surface area (Å²) in [5.74, 6) is 2.27. The topological polar surface area (TPSA) is 91.3 Å². The predicted molar refractivity (Wildman–Crippen MR) is 136 cm³/mol. The lowest BCUT2D eigenvalue weighted by molar-refractivity contribution is 0.355. The molecule has 1 saturated heterocycles. The summed E-state index contributed by atoms with van der Waals surface area (Å²) in [6.45, 7) is 1.81. The van der Waals surface area contributed by atoms with Gasteiger partial charge in [0.2, 0.25) is 5.95 Å². The molecule has 0 radical (unpaired) electrons. The molecule has 0 spiro atoms. The van der Waals surface area contributed by atoms with E-state index < -0.39 is 0 Å². The Labute approximate surface area is 207 Å². The van der Waals surface area contributed by atoms with Crippen molar-refractivity contribution in [3.63, 3.8) is 0 Å². The molecule has 3 heterocycles. The van der Waals surface area contributed by atoms with E-state index in [9.17, 15) is 0 Å². The summed E-state index contributed by atoms with van der Waals surface area (Å²) in [4.78, 5) is 12.0. The van der Waals surface area contributed by atoms with E-state index in [1.807, 2.05) is 24.3 Å². The summed E-state index contributed by atoms with van der Waals surface area (Å²) in [5.41, 5.74) is 9.31. The second kappa shape index (κ2) is 9.19. The van der Waals surface area contributed by atoms with Crippen LogP contribution in [-0.2, 0) is 0 Å². The van der Waals surface area contributed by atoms with Crippen molar-refractivity contribution in [1.29, 1.82) is 0 Å². The highest BCUT2D eigenvalue weighted by Gasteiger charge is 2.23. The van der Waals surface area contributed by atoms with E-state index >= 15 is 0 Å². The number of hydrogen-bond donors (Lipinski definition) is 1. The SMILES string of the molecule is COc1ccc(-c2nc(N3CCCCC3)nc3nn(-c4ccc(Cl)c(Cl)c4)c(N)c23)cc1OC. The molecule has 176 valence electrons. The Morgan fingerprint density at radius 1 is 0.882 bits per heavy atom. The lowest BCUT2D eigenvalue weighted by Gasteiger charge is -2.26. The van der Waals surface area contributed by atoms with Gasteiger partial charge in [0.05, 0.1) is 41.0 Å². The molecule has 1 aliphatic heterocycles. The molecule has 5 rings (SSSR count). The maximum atomic E-state index is 6.63. The molecule has 0 saturated carbocycles. The van der Waals surface area contributed by atoms with Gasteiger partial charge in [0.25, 0.3) is 0 Å². The molecule has 0 aliphatic carbocycles. The third kappa shape index (κ3) is 3.97. The normalized spacial score (nSPS) is 13.9. The number of hydrogen-bond acceptors (Lipinski definition) is 7. The highest BCUT2D eigenvalue weighted by atomic mass is 35.5. The molecule has 2 aromatic carbocycles. The molecule has 2 N–H and O–H groups in total. The van der Waals surface area contributed by atoms with Crippen LogP contribution in [0.25, 0.3) is 28.0 Å². The van der Waals surface area contributed by atoms with E-state index in [4.69, 9.17) is 53.5 Å². The number of piperidine rings is 1. The molecule has 10 heteroatoms. The fourth-order valence-corrected chi connectivity index (χ4v) is 4.53. The number of methoxy groups -OCH3 is 2. The zero-order valence-corrected chi connectivity index (χ0v) is 20.4. The minimum absolute atomic E-state index is 0.406. The standard InChI is InChI=1S/C24H24Cl2N6O2/c1-33-18-9-6-14(12-19(18)34-2)21-20-22(27)32(15-7-8-16(25)17(26)13-15)30-23(20)29-24(28-21)31-10-4-3-5-11-31/h6-9,12-13H,3-5,10-11,27H2,1-2H3. The van der Waals surface area contributed by atoms with Crippen molar-refractivity contribution in [3.05, 3.63) is 46.4 Å². The average molecular weight is 499 g/mol. The number of rotatable bonds is 5. The van der Waals surface area contributed by atoms with Gasteiger partial charge in [-0.2, -0.15) is 4.98 Å². The zero-order valence-electron chi connectivity index (χ0n) is 18.9. The Morgan fingerprint density at radius 2 is 1.65 bits per heavy atom. The maximum absolute atomic E-state index is 6.63. The van der Waals surface area contributed by atoms with E-state index in [-0.39, 0.29) is 0 Å². The average Bonchev–Trinajstić information content (AvgIpc) is 3.21. The first kappa shape index (κ1) is 22.6. The van der Waals surface area contributed by atoms with Crippen molar-refractivity contribution >= 4 is 46.0 Å². The predicted octanol–water partition coefficient (Wildman–Crippen LogP) is 5.38. The van der Waals surface area contributed by atoms with Crippen LogP contribution < -0.4 is 20.1 Å². The first-order valence-corrected chi connectivity index (χ1v) is 11.7. The van der Waals surface area contributed by atoms with Gasteiger partial charge in [-0.1, -0.05) is 23.2 Å². The van der Waals surface area contributed by atoms with Crippen LogP contribution in [0, 0.1) is 0 Å². The van der Waals surface area contributed by atoms with Crippen molar-refractivity contribution in [1.82, 2.24) is 19.7 Å². The molecular weight excluding hydrogens is 475 g/mol. The number of anilines is 2. The van der Waals surface area contributed by atoms with E-state index in [0.717, 1.165) is 31.5 Å². The summed E-state index contributed by atoms with van der Waals surface area (Å²) in [6, 6.07) is 10.9. The number of fused-ring (bicyclic) bond motifs is 1. The monoisotopic (exact) mass is 498 g/mol. The molecule has 1 aliphatic rings. The number of benzene rings is 2. The Kier molecular flexibility index (Phi) is 6.10. The summed E-state index contributed by atoms with van der Waals surface area (Å²) in [6.07, 6.45) is 3.42. The van der Waals surface area contributed by atoms with Gasteiger partial charge >= 0.3 is 0 Å². The van der Waals surface area contributed by atoms with Crippen LogP contribution in [0.15, 0.2) is 36.4 Å². The zero-order chi connectivity index (χ0) is 23.8. The van der Waals surface area contributed by atoms with Crippen LogP contribution in [0.5, 0.6) is 11.5 Å². The number of nitrogens with two attached hydrogens (primary N) is 1. The van der Waals surface area contributed by atoms with Crippen molar-refractivity contribution in [2.45, 2.75) is 19.3 Å². The molecule has 2 aromatic heterocycles. The van der Waals surface area contributed by atoms with E-state index in [1.165, 1.54) is 6.42 Å². The van der Waals surface area contributed by atoms with Crippen LogP contribution in [0.2, 0.25) is 10.0 Å². The first-order valence-electron chi connectivity index (χ1n) is 11.0. The van der Waals surface area contributed by atoms with E-state index in [0.29, 0.717) is 55.7 Å².